The molecule has 0 atom stereocenters. The molecule has 0 bridgehead atoms. The summed E-state index contributed by atoms with van der Waals surface area (Å²) in [5.74, 6) is 0.731. The molecule has 25 heavy (non-hydrogen) atoms. The number of nitrogens with zero attached hydrogens (tertiary/aromatic N) is 3. The minimum absolute atomic E-state index is 0.0154. The number of nitrogens with one attached hydrogen (secondary N) is 1. The molecule has 0 spiro atoms. The van der Waals surface area contributed by atoms with Crippen LogP contribution in [0.1, 0.15) is 5.56 Å². The zero-order valence-electron chi connectivity index (χ0n) is 13.4. The number of ether oxygens (including phenoxy) is 1. The summed E-state index contributed by atoms with van der Waals surface area (Å²) < 4.78 is 6.39. The van der Waals surface area contributed by atoms with Crippen LogP contribution in [0, 0.1) is 0 Å². The molecule has 7 heteroatoms. The van der Waals surface area contributed by atoms with Gasteiger partial charge in [-0.3, -0.25) is 10.2 Å². The summed E-state index contributed by atoms with van der Waals surface area (Å²) in [5, 5.41) is 8.23. The van der Waals surface area contributed by atoms with Crippen molar-refractivity contribution in [2.75, 3.05) is 12.5 Å². The minimum Gasteiger partial charge on any atom is -0.497 e. The van der Waals surface area contributed by atoms with Crippen LogP contribution in [0.15, 0.2) is 70.7 Å². The van der Waals surface area contributed by atoms with Gasteiger partial charge in [0.15, 0.2) is 0 Å². The van der Waals surface area contributed by atoms with Gasteiger partial charge in [-0.2, -0.15) is 14.9 Å². The molecule has 6 nitrogen and oxygen atoms in total. The van der Waals surface area contributed by atoms with E-state index >= 15 is 0 Å². The van der Waals surface area contributed by atoms with E-state index in [9.17, 15) is 4.79 Å². The number of halogens is 1. The first-order chi connectivity index (χ1) is 12.2. The molecule has 3 aromatic rings. The Kier molecular flexibility index (Phi) is 5.11. The van der Waals surface area contributed by atoms with Crippen LogP contribution in [0.5, 0.6) is 5.75 Å². The van der Waals surface area contributed by atoms with E-state index in [4.69, 9.17) is 16.3 Å². The van der Waals surface area contributed by atoms with Crippen LogP contribution in [0.2, 0.25) is 5.02 Å². The van der Waals surface area contributed by atoms with E-state index in [-0.39, 0.29) is 5.02 Å². The Hall–Kier alpha value is -3.12. The van der Waals surface area contributed by atoms with E-state index in [0.29, 0.717) is 11.4 Å². The van der Waals surface area contributed by atoms with Crippen molar-refractivity contribution in [3.05, 3.63) is 81.7 Å². The molecule has 0 amide bonds. The molecule has 0 radical (unpaired) electrons. The Morgan fingerprint density at radius 3 is 2.76 bits per heavy atom. The number of hydrogen-bond acceptors (Lipinski definition) is 5. The van der Waals surface area contributed by atoms with Crippen molar-refractivity contribution >= 4 is 23.5 Å². The first-order valence-corrected chi connectivity index (χ1v) is 7.83. The fourth-order valence-corrected chi connectivity index (χ4v) is 2.33. The van der Waals surface area contributed by atoms with Gasteiger partial charge in [-0.15, -0.1) is 0 Å². The zero-order valence-corrected chi connectivity index (χ0v) is 14.1. The maximum absolute atomic E-state index is 12.4. The summed E-state index contributed by atoms with van der Waals surface area (Å²) in [4.78, 5) is 12.4. The van der Waals surface area contributed by atoms with Gasteiger partial charge in [0.2, 0.25) is 0 Å². The maximum Gasteiger partial charge on any atom is 0.292 e. The van der Waals surface area contributed by atoms with Crippen LogP contribution in [-0.2, 0) is 0 Å². The van der Waals surface area contributed by atoms with Gasteiger partial charge in [-0.05, 0) is 29.8 Å². The number of rotatable bonds is 5. The third kappa shape index (κ3) is 3.87. The molecule has 0 saturated heterocycles. The van der Waals surface area contributed by atoms with Gasteiger partial charge in [0, 0.05) is 0 Å². The van der Waals surface area contributed by atoms with Crippen LogP contribution in [0.3, 0.4) is 0 Å². The Morgan fingerprint density at radius 1 is 1.20 bits per heavy atom. The Morgan fingerprint density at radius 2 is 2.00 bits per heavy atom. The number of hydrazone groups is 1. The Bertz CT molecular complexity index is 955. The van der Waals surface area contributed by atoms with E-state index < -0.39 is 5.56 Å². The fourth-order valence-electron chi connectivity index (χ4n) is 2.16. The molecular formula is C18H15ClN4O2. The molecule has 1 N–H and O–H groups in total. The van der Waals surface area contributed by atoms with Gasteiger partial charge < -0.3 is 4.74 Å². The number of hydrogen-bond donors (Lipinski definition) is 1. The van der Waals surface area contributed by atoms with E-state index in [2.05, 4.69) is 15.6 Å². The first-order valence-electron chi connectivity index (χ1n) is 7.45. The topological polar surface area (TPSA) is 68.5 Å². The Balaban J connectivity index is 1.81. The third-order valence-corrected chi connectivity index (χ3v) is 3.78. The number of benzene rings is 2. The average molecular weight is 355 g/mol. The second-order valence-corrected chi connectivity index (χ2v) is 5.45. The highest BCUT2D eigenvalue weighted by atomic mass is 35.5. The summed E-state index contributed by atoms with van der Waals surface area (Å²) in [6.45, 7) is 0. The number of methoxy groups -OCH3 is 1. The van der Waals surface area contributed by atoms with E-state index in [1.54, 1.807) is 25.5 Å². The van der Waals surface area contributed by atoms with Gasteiger partial charge in [-0.1, -0.05) is 41.9 Å². The van der Waals surface area contributed by atoms with Crippen molar-refractivity contribution < 1.29 is 4.74 Å². The van der Waals surface area contributed by atoms with Gasteiger partial charge >= 0.3 is 0 Å². The average Bonchev–Trinajstić information content (AvgIpc) is 2.66. The monoisotopic (exact) mass is 354 g/mol. The lowest BCUT2D eigenvalue weighted by atomic mass is 10.2. The predicted molar refractivity (Wildman–Crippen MR) is 99.1 cm³/mol. The zero-order chi connectivity index (χ0) is 17.6. The van der Waals surface area contributed by atoms with E-state index in [1.165, 1.54) is 10.9 Å². The van der Waals surface area contributed by atoms with Crippen LogP contribution < -0.4 is 15.7 Å². The van der Waals surface area contributed by atoms with Crippen molar-refractivity contribution in [3.63, 3.8) is 0 Å². The SMILES string of the molecule is COc1cccc(/C=N/Nc2cnn(-c3ccccc3)c(=O)c2Cl)c1. The molecule has 126 valence electrons. The second kappa shape index (κ2) is 7.63. The van der Waals surface area contributed by atoms with Crippen LogP contribution in [0.25, 0.3) is 5.69 Å². The molecule has 3 rings (SSSR count). The second-order valence-electron chi connectivity index (χ2n) is 5.07. The van der Waals surface area contributed by atoms with Crippen LogP contribution >= 0.6 is 11.6 Å². The van der Waals surface area contributed by atoms with Gasteiger partial charge in [0.05, 0.1) is 25.2 Å². The summed E-state index contributed by atoms with van der Waals surface area (Å²) in [6.07, 6.45) is 3.06. The molecule has 0 unspecified atom stereocenters. The standard InChI is InChI=1S/C18H15ClN4O2/c1-25-15-9-5-6-13(10-15)11-20-22-16-12-21-23(18(24)17(16)19)14-7-3-2-4-8-14/h2-12,22H,1H3/b20-11+. The number of aromatic nitrogens is 2. The molecule has 1 aromatic heterocycles. The molecule has 0 saturated carbocycles. The highest BCUT2D eigenvalue weighted by Crippen LogP contribution is 2.17. The maximum atomic E-state index is 12.4. The number of para-hydroxylation sites is 1. The van der Waals surface area contributed by atoms with Crippen LogP contribution in [-0.4, -0.2) is 23.1 Å². The summed E-state index contributed by atoms with van der Waals surface area (Å²) in [7, 11) is 1.60. The van der Waals surface area contributed by atoms with Gasteiger partial charge in [-0.25, -0.2) is 0 Å². The lowest BCUT2D eigenvalue weighted by Gasteiger charge is -2.07. The van der Waals surface area contributed by atoms with E-state index in [0.717, 1.165) is 11.3 Å². The summed E-state index contributed by atoms with van der Waals surface area (Å²) >= 11 is 6.15. The molecule has 0 aliphatic heterocycles. The van der Waals surface area contributed by atoms with Crippen molar-refractivity contribution in [1.82, 2.24) is 9.78 Å². The quantitative estimate of drug-likeness (QED) is 0.563. The van der Waals surface area contributed by atoms with Crippen molar-refractivity contribution in [1.29, 1.82) is 0 Å². The smallest absolute Gasteiger partial charge is 0.292 e. The predicted octanol–water partition coefficient (Wildman–Crippen LogP) is 3.34. The first kappa shape index (κ1) is 16.7. The van der Waals surface area contributed by atoms with Crippen molar-refractivity contribution in [2.45, 2.75) is 0 Å². The third-order valence-electron chi connectivity index (χ3n) is 3.41. The largest absolute Gasteiger partial charge is 0.497 e. The van der Waals surface area contributed by atoms with Crippen molar-refractivity contribution in [2.24, 2.45) is 5.10 Å². The minimum atomic E-state index is -0.422. The lowest BCUT2D eigenvalue weighted by Crippen LogP contribution is -2.22. The van der Waals surface area contributed by atoms with Gasteiger partial charge in [0.1, 0.15) is 16.5 Å². The lowest BCUT2D eigenvalue weighted by molar-refractivity contribution is 0.415. The van der Waals surface area contributed by atoms with E-state index in [1.807, 2.05) is 42.5 Å². The Labute approximate surface area is 149 Å². The fraction of sp³-hybridized carbons (Fsp3) is 0.0556. The van der Waals surface area contributed by atoms with Crippen LogP contribution in [0.4, 0.5) is 5.69 Å². The summed E-state index contributed by atoms with van der Waals surface area (Å²) in [5.41, 5.74) is 4.13. The molecule has 2 aromatic carbocycles. The molecule has 1 heterocycles. The molecule has 0 fully saturated rings. The van der Waals surface area contributed by atoms with Crippen molar-refractivity contribution in [3.8, 4) is 11.4 Å². The normalized spacial score (nSPS) is 10.8. The molecular weight excluding hydrogens is 340 g/mol. The van der Waals surface area contributed by atoms with Gasteiger partial charge in [0.25, 0.3) is 5.56 Å². The summed E-state index contributed by atoms with van der Waals surface area (Å²) in [6, 6.07) is 16.5. The molecule has 0 aliphatic carbocycles. The highest BCUT2D eigenvalue weighted by Gasteiger charge is 2.09. The number of anilines is 1. The highest BCUT2D eigenvalue weighted by molar-refractivity contribution is 6.32. The molecule has 0 aliphatic rings.